The highest BCUT2D eigenvalue weighted by atomic mass is 32.2. The zero-order valence-corrected chi connectivity index (χ0v) is 19.9. The Morgan fingerprint density at radius 3 is 2.58 bits per heavy atom. The molecule has 3 heterocycles. The number of anilines is 2. The van der Waals surface area contributed by atoms with Crippen LogP contribution in [0.4, 0.5) is 25.1 Å². The number of rotatable bonds is 3. The van der Waals surface area contributed by atoms with Crippen molar-refractivity contribution in [2.24, 2.45) is 17.8 Å². The van der Waals surface area contributed by atoms with Gasteiger partial charge in [0.1, 0.15) is 5.60 Å². The number of halogens is 2. The van der Waals surface area contributed by atoms with E-state index >= 15 is 0 Å². The number of likely N-dealkylation sites (tertiary alicyclic amines) is 1. The number of aromatic nitrogens is 1. The average molecular weight is 483 g/mol. The second kappa shape index (κ2) is 7.04. The largest absolute Gasteiger partial charge is 0.444 e. The molecule has 33 heavy (non-hydrogen) atoms. The van der Waals surface area contributed by atoms with E-state index in [0.29, 0.717) is 24.5 Å². The maximum Gasteiger partial charge on any atom is 0.410 e. The number of amides is 1. The highest BCUT2D eigenvalue weighted by molar-refractivity contribution is 7.94. The summed E-state index contributed by atoms with van der Waals surface area (Å²) in [4.78, 5) is 18.7. The highest BCUT2D eigenvalue weighted by Crippen LogP contribution is 2.51. The Bertz CT molecular complexity index is 1150. The quantitative estimate of drug-likeness (QED) is 0.659. The first-order valence-corrected chi connectivity index (χ1v) is 12.5. The van der Waals surface area contributed by atoms with Crippen LogP contribution in [0.15, 0.2) is 18.2 Å². The van der Waals surface area contributed by atoms with Crippen molar-refractivity contribution in [2.45, 2.75) is 45.1 Å². The van der Waals surface area contributed by atoms with Gasteiger partial charge in [-0.05, 0) is 50.8 Å². The minimum atomic E-state index is -3.92. The molecular formula is C22H28F2N4O4S. The molecule has 1 amide bonds. The summed E-state index contributed by atoms with van der Waals surface area (Å²) in [5.41, 5.74) is 1.47. The Hall–Kier alpha value is -2.43. The predicted molar refractivity (Wildman–Crippen MR) is 119 cm³/mol. The molecule has 1 aromatic rings. The second-order valence-corrected chi connectivity index (χ2v) is 12.3. The summed E-state index contributed by atoms with van der Waals surface area (Å²) < 4.78 is 60.1. The summed E-state index contributed by atoms with van der Waals surface area (Å²) in [5.74, 6) is -3.06. The molecule has 2 aliphatic carbocycles. The molecule has 2 aliphatic heterocycles. The van der Waals surface area contributed by atoms with E-state index in [9.17, 15) is 22.0 Å². The first-order chi connectivity index (χ1) is 15.3. The van der Waals surface area contributed by atoms with Crippen LogP contribution < -0.4 is 8.61 Å². The minimum Gasteiger partial charge on any atom is -0.444 e. The lowest BCUT2D eigenvalue weighted by atomic mass is 9.99. The monoisotopic (exact) mass is 482 g/mol. The Labute approximate surface area is 192 Å². The fraction of sp³-hybridized carbons (Fsp3) is 0.636. The number of allylic oxidation sites excluding steroid dienone is 1. The third kappa shape index (κ3) is 3.83. The van der Waals surface area contributed by atoms with E-state index in [4.69, 9.17) is 4.74 Å². The SMILES string of the molecule is CN1c2nc(C3=CC4CN(C(=O)OC(C)(C)C)CC4C3)ccc2N(CC2CC2(F)F)S1(=O)=O. The van der Waals surface area contributed by atoms with Crippen molar-refractivity contribution < 1.29 is 26.7 Å². The van der Waals surface area contributed by atoms with Crippen LogP contribution in [0.2, 0.25) is 0 Å². The summed E-state index contributed by atoms with van der Waals surface area (Å²) >= 11 is 0. The standard InChI is InChI=1S/C22H28F2N4O4S/c1-21(2,3)32-20(29)27-10-14-7-13(8-15(14)11-27)17-5-6-18-19(25-17)26(4)33(30,31)28(18)12-16-9-22(16,23)24/h5-7,14-16H,8-12H2,1-4H3. The van der Waals surface area contributed by atoms with Crippen LogP contribution in [0.5, 0.6) is 0 Å². The number of pyridine rings is 1. The maximum atomic E-state index is 13.4. The average Bonchev–Trinajstić information content (AvgIpc) is 2.99. The van der Waals surface area contributed by atoms with Gasteiger partial charge in [-0.1, -0.05) is 6.08 Å². The summed E-state index contributed by atoms with van der Waals surface area (Å²) in [7, 11) is -2.53. The molecule has 0 aromatic carbocycles. The van der Waals surface area contributed by atoms with Crippen LogP contribution in [0.25, 0.3) is 5.57 Å². The fourth-order valence-electron chi connectivity index (χ4n) is 4.86. The van der Waals surface area contributed by atoms with E-state index in [1.54, 1.807) is 17.0 Å². The molecule has 3 atom stereocenters. The predicted octanol–water partition coefficient (Wildman–Crippen LogP) is 3.51. The van der Waals surface area contributed by atoms with Gasteiger partial charge in [0.25, 0.3) is 5.92 Å². The van der Waals surface area contributed by atoms with E-state index in [0.717, 1.165) is 20.6 Å². The van der Waals surface area contributed by atoms with Crippen LogP contribution in [0, 0.1) is 17.8 Å². The number of hydrogen-bond donors (Lipinski definition) is 0. The van der Waals surface area contributed by atoms with Gasteiger partial charge in [-0.15, -0.1) is 0 Å². The summed E-state index contributed by atoms with van der Waals surface area (Å²) in [6.07, 6.45) is 2.23. The number of carbonyl (C=O) groups excluding carboxylic acids is 1. The molecule has 2 fully saturated rings. The molecule has 11 heteroatoms. The second-order valence-electron chi connectivity index (χ2n) is 10.4. The van der Waals surface area contributed by atoms with Crippen molar-refractivity contribution in [1.29, 1.82) is 0 Å². The van der Waals surface area contributed by atoms with Crippen LogP contribution in [-0.4, -0.2) is 62.6 Å². The van der Waals surface area contributed by atoms with Gasteiger partial charge < -0.3 is 9.64 Å². The molecule has 3 unspecified atom stereocenters. The Kier molecular flexibility index (Phi) is 4.77. The van der Waals surface area contributed by atoms with E-state index in [1.165, 1.54) is 7.05 Å². The van der Waals surface area contributed by atoms with Crippen molar-refractivity contribution in [2.75, 3.05) is 35.3 Å². The molecule has 8 nitrogen and oxygen atoms in total. The third-order valence-electron chi connectivity index (χ3n) is 6.76. The number of alkyl halides is 2. The molecular weight excluding hydrogens is 454 g/mol. The normalized spacial score (nSPS) is 29.1. The molecule has 0 bridgehead atoms. The van der Waals surface area contributed by atoms with E-state index in [-0.39, 0.29) is 36.7 Å². The van der Waals surface area contributed by atoms with Gasteiger partial charge in [0.05, 0.1) is 11.4 Å². The molecule has 1 saturated heterocycles. The molecule has 0 N–H and O–H groups in total. The van der Waals surface area contributed by atoms with Crippen LogP contribution >= 0.6 is 0 Å². The van der Waals surface area contributed by atoms with Gasteiger partial charge in [-0.2, -0.15) is 8.42 Å². The number of hydrogen-bond acceptors (Lipinski definition) is 5. The lowest BCUT2D eigenvalue weighted by Gasteiger charge is -2.24. The molecule has 180 valence electrons. The van der Waals surface area contributed by atoms with Crippen molar-refractivity contribution in [3.63, 3.8) is 0 Å². The van der Waals surface area contributed by atoms with Crippen LogP contribution in [-0.2, 0) is 14.9 Å². The van der Waals surface area contributed by atoms with Gasteiger partial charge >= 0.3 is 16.3 Å². The van der Waals surface area contributed by atoms with E-state index < -0.39 is 27.7 Å². The zero-order chi connectivity index (χ0) is 23.9. The van der Waals surface area contributed by atoms with E-state index in [1.807, 2.05) is 20.8 Å². The molecule has 1 aromatic heterocycles. The minimum absolute atomic E-state index is 0.192. The highest BCUT2D eigenvalue weighted by Gasteiger charge is 2.59. The van der Waals surface area contributed by atoms with Crippen LogP contribution in [0.1, 0.15) is 39.3 Å². The summed E-state index contributed by atoms with van der Waals surface area (Å²) in [5, 5.41) is 0. The molecule has 0 spiro atoms. The summed E-state index contributed by atoms with van der Waals surface area (Å²) in [6, 6.07) is 3.41. The first-order valence-electron chi connectivity index (χ1n) is 11.1. The van der Waals surface area contributed by atoms with Gasteiger partial charge in [-0.25, -0.2) is 27.2 Å². The Morgan fingerprint density at radius 2 is 1.97 bits per heavy atom. The van der Waals surface area contributed by atoms with Crippen molar-refractivity contribution in [3.8, 4) is 0 Å². The summed E-state index contributed by atoms with van der Waals surface area (Å²) in [6.45, 7) is 6.45. The third-order valence-corrected chi connectivity index (χ3v) is 8.53. The molecule has 4 aliphatic rings. The number of carbonyl (C=O) groups is 1. The van der Waals surface area contributed by atoms with Gasteiger partial charge in [0.2, 0.25) is 0 Å². The topological polar surface area (TPSA) is 83.1 Å². The number of nitrogens with zero attached hydrogens (tertiary/aromatic N) is 4. The van der Waals surface area contributed by atoms with Gasteiger partial charge in [0, 0.05) is 44.9 Å². The van der Waals surface area contributed by atoms with Crippen LogP contribution in [0.3, 0.4) is 0 Å². The van der Waals surface area contributed by atoms with Crippen molar-refractivity contribution >= 4 is 33.4 Å². The Morgan fingerprint density at radius 1 is 1.27 bits per heavy atom. The van der Waals surface area contributed by atoms with Gasteiger partial charge in [-0.3, -0.25) is 0 Å². The zero-order valence-electron chi connectivity index (χ0n) is 19.1. The fourth-order valence-corrected chi connectivity index (χ4v) is 6.27. The molecule has 5 rings (SSSR count). The number of fused-ring (bicyclic) bond motifs is 2. The molecule has 0 radical (unpaired) electrons. The maximum absolute atomic E-state index is 13.4. The van der Waals surface area contributed by atoms with Crippen molar-refractivity contribution in [3.05, 3.63) is 23.9 Å². The lowest BCUT2D eigenvalue weighted by Crippen LogP contribution is -2.37. The van der Waals surface area contributed by atoms with Gasteiger partial charge in [0.15, 0.2) is 5.82 Å². The first kappa shape index (κ1) is 22.4. The smallest absolute Gasteiger partial charge is 0.410 e. The lowest BCUT2D eigenvalue weighted by molar-refractivity contribution is 0.0285. The molecule has 1 saturated carbocycles. The number of ether oxygens (including phenoxy) is 1. The van der Waals surface area contributed by atoms with Crippen molar-refractivity contribution in [1.82, 2.24) is 9.88 Å². The Balaban J connectivity index is 1.33. The van der Waals surface area contributed by atoms with E-state index in [2.05, 4.69) is 11.1 Å².